The molecule has 0 fully saturated rings. The monoisotopic (exact) mass is 421 g/mol. The number of amides is 1. The lowest BCUT2D eigenvalue weighted by Crippen LogP contribution is -2.18. The van der Waals surface area contributed by atoms with Crippen molar-refractivity contribution < 1.29 is 28.9 Å². The fraction of sp³-hybridized carbons (Fsp3) is 0.167. The fourth-order valence-corrected chi connectivity index (χ4v) is 3.91. The normalized spacial score (nSPS) is 12.2. The van der Waals surface area contributed by atoms with Crippen LogP contribution in [0, 0.1) is 5.82 Å². The second-order valence-electron chi connectivity index (χ2n) is 7.27. The number of anilines is 1. The summed E-state index contributed by atoms with van der Waals surface area (Å²) in [7, 11) is 0. The van der Waals surface area contributed by atoms with Crippen molar-refractivity contribution >= 4 is 17.7 Å². The SMILES string of the molecule is O=C(O)CCc1ccc(F)c(NC(=O)OCC2c3ccccc3-c3ccccc32)c1O. The average Bonchev–Trinajstić information content (AvgIpc) is 3.08. The number of carboxylic acids is 1. The van der Waals surface area contributed by atoms with Crippen molar-refractivity contribution in [3.8, 4) is 16.9 Å². The zero-order chi connectivity index (χ0) is 22.0. The van der Waals surface area contributed by atoms with Gasteiger partial charge in [-0.05, 0) is 40.3 Å². The minimum Gasteiger partial charge on any atom is -0.505 e. The summed E-state index contributed by atoms with van der Waals surface area (Å²) in [6.45, 7) is 0.0426. The van der Waals surface area contributed by atoms with Gasteiger partial charge in [-0.2, -0.15) is 0 Å². The van der Waals surface area contributed by atoms with E-state index >= 15 is 0 Å². The second kappa shape index (κ2) is 8.47. The maximum absolute atomic E-state index is 14.2. The molecule has 0 saturated heterocycles. The Bertz CT molecular complexity index is 1110. The molecule has 4 rings (SSSR count). The number of carboxylic acid groups (broad SMARTS) is 1. The van der Waals surface area contributed by atoms with Crippen LogP contribution in [-0.2, 0) is 16.0 Å². The minimum absolute atomic E-state index is 0.000810. The van der Waals surface area contributed by atoms with Gasteiger partial charge in [-0.1, -0.05) is 54.6 Å². The van der Waals surface area contributed by atoms with E-state index in [9.17, 15) is 19.1 Å². The van der Waals surface area contributed by atoms with Crippen molar-refractivity contribution in [2.24, 2.45) is 0 Å². The molecule has 0 bridgehead atoms. The Balaban J connectivity index is 1.48. The van der Waals surface area contributed by atoms with Gasteiger partial charge < -0.3 is 14.9 Å². The molecule has 1 amide bonds. The largest absolute Gasteiger partial charge is 0.505 e. The van der Waals surface area contributed by atoms with Crippen LogP contribution < -0.4 is 5.32 Å². The van der Waals surface area contributed by atoms with Gasteiger partial charge in [0.2, 0.25) is 0 Å². The number of phenolic OH excluding ortho intramolecular Hbond substituents is 1. The molecule has 0 heterocycles. The van der Waals surface area contributed by atoms with E-state index in [1.54, 1.807) is 0 Å². The molecule has 0 atom stereocenters. The number of carbonyl (C=O) groups is 2. The lowest BCUT2D eigenvalue weighted by atomic mass is 9.98. The predicted octanol–water partition coefficient (Wildman–Crippen LogP) is 4.91. The third kappa shape index (κ3) is 4.07. The third-order valence-corrected chi connectivity index (χ3v) is 5.39. The maximum atomic E-state index is 14.2. The van der Waals surface area contributed by atoms with Gasteiger partial charge in [0.15, 0.2) is 5.82 Å². The smallest absolute Gasteiger partial charge is 0.411 e. The number of aromatic hydroxyl groups is 1. The number of ether oxygens (including phenoxy) is 1. The van der Waals surface area contributed by atoms with Gasteiger partial charge in [0.25, 0.3) is 0 Å². The predicted molar refractivity (Wildman–Crippen MR) is 113 cm³/mol. The van der Waals surface area contributed by atoms with Crippen LogP contribution in [0.2, 0.25) is 0 Å². The van der Waals surface area contributed by atoms with Crippen LogP contribution in [-0.4, -0.2) is 28.9 Å². The number of aryl methyl sites for hydroxylation is 1. The number of hydrogen-bond donors (Lipinski definition) is 3. The lowest BCUT2D eigenvalue weighted by Gasteiger charge is -2.16. The number of hydrogen-bond acceptors (Lipinski definition) is 4. The topological polar surface area (TPSA) is 95.9 Å². The lowest BCUT2D eigenvalue weighted by molar-refractivity contribution is -0.136. The third-order valence-electron chi connectivity index (χ3n) is 5.39. The van der Waals surface area contributed by atoms with Crippen molar-refractivity contribution in [3.05, 3.63) is 83.2 Å². The molecule has 6 nitrogen and oxygen atoms in total. The van der Waals surface area contributed by atoms with Crippen LogP contribution in [0.5, 0.6) is 5.75 Å². The van der Waals surface area contributed by atoms with Crippen LogP contribution in [0.3, 0.4) is 0 Å². The first kappa shape index (κ1) is 20.4. The zero-order valence-corrected chi connectivity index (χ0v) is 16.5. The Kier molecular flexibility index (Phi) is 5.58. The number of carbonyl (C=O) groups excluding carboxylic acids is 1. The number of aliphatic carboxylic acids is 1. The summed E-state index contributed by atoms with van der Waals surface area (Å²) in [4.78, 5) is 23.1. The number of fused-ring (bicyclic) bond motifs is 3. The zero-order valence-electron chi connectivity index (χ0n) is 16.5. The molecule has 158 valence electrons. The van der Waals surface area contributed by atoms with E-state index in [0.717, 1.165) is 28.3 Å². The van der Waals surface area contributed by atoms with Gasteiger partial charge in [-0.3, -0.25) is 10.1 Å². The number of nitrogens with one attached hydrogen (secondary N) is 1. The highest BCUT2D eigenvalue weighted by Gasteiger charge is 2.29. The number of benzene rings is 3. The van der Waals surface area contributed by atoms with Gasteiger partial charge in [0.1, 0.15) is 18.0 Å². The van der Waals surface area contributed by atoms with Crippen molar-refractivity contribution in [1.82, 2.24) is 0 Å². The first-order valence-electron chi connectivity index (χ1n) is 9.80. The molecule has 3 N–H and O–H groups in total. The maximum Gasteiger partial charge on any atom is 0.411 e. The molecule has 3 aromatic carbocycles. The van der Waals surface area contributed by atoms with E-state index in [1.807, 2.05) is 48.5 Å². The Morgan fingerprint density at radius 3 is 2.19 bits per heavy atom. The summed E-state index contributed by atoms with van der Waals surface area (Å²) in [5, 5.41) is 21.3. The number of phenols is 1. The van der Waals surface area contributed by atoms with E-state index < -0.39 is 29.3 Å². The molecule has 0 spiro atoms. The van der Waals surface area contributed by atoms with E-state index in [0.29, 0.717) is 0 Å². The molecule has 0 radical (unpaired) electrons. The molecule has 1 aliphatic rings. The standard InChI is InChI=1S/C24H20FNO5/c25-20-11-9-14(10-12-21(27)28)23(29)22(20)26-24(30)31-13-19-17-7-3-1-5-15(17)16-6-2-4-8-18(16)19/h1-9,11,19,29H,10,12-13H2,(H,26,30)(H,27,28). The molecule has 3 aromatic rings. The molecule has 7 heteroatoms. The summed E-state index contributed by atoms with van der Waals surface area (Å²) in [6.07, 6.45) is -1.14. The molecule has 0 unspecified atom stereocenters. The number of rotatable bonds is 6. The Morgan fingerprint density at radius 1 is 0.968 bits per heavy atom. The molecule has 0 aliphatic heterocycles. The van der Waals surface area contributed by atoms with Crippen molar-refractivity contribution in [3.63, 3.8) is 0 Å². The first-order chi connectivity index (χ1) is 15.0. The second-order valence-corrected chi connectivity index (χ2v) is 7.27. The molecule has 0 aromatic heterocycles. The molecular formula is C24H20FNO5. The Hall–Kier alpha value is -3.87. The highest BCUT2D eigenvalue weighted by Crippen LogP contribution is 2.44. The summed E-state index contributed by atoms with van der Waals surface area (Å²) in [5.74, 6) is -2.55. The van der Waals surface area contributed by atoms with Gasteiger partial charge in [0, 0.05) is 12.3 Å². The van der Waals surface area contributed by atoms with Crippen molar-refractivity contribution in [1.29, 1.82) is 0 Å². The highest BCUT2D eigenvalue weighted by atomic mass is 19.1. The fourth-order valence-electron chi connectivity index (χ4n) is 3.91. The average molecular weight is 421 g/mol. The molecule has 1 aliphatic carbocycles. The van der Waals surface area contributed by atoms with E-state index in [4.69, 9.17) is 9.84 Å². The highest BCUT2D eigenvalue weighted by molar-refractivity contribution is 5.87. The van der Waals surface area contributed by atoms with Crippen molar-refractivity contribution in [2.45, 2.75) is 18.8 Å². The van der Waals surface area contributed by atoms with Gasteiger partial charge >= 0.3 is 12.1 Å². The van der Waals surface area contributed by atoms with Gasteiger partial charge in [-0.15, -0.1) is 0 Å². The Labute approximate surface area is 177 Å². The molecule has 0 saturated carbocycles. The van der Waals surface area contributed by atoms with E-state index in [-0.39, 0.29) is 30.9 Å². The van der Waals surface area contributed by atoms with Crippen LogP contribution in [0.15, 0.2) is 60.7 Å². The summed E-state index contributed by atoms with van der Waals surface area (Å²) < 4.78 is 19.5. The van der Waals surface area contributed by atoms with Crippen LogP contribution in [0.25, 0.3) is 11.1 Å². The van der Waals surface area contributed by atoms with E-state index in [2.05, 4.69) is 5.32 Å². The van der Waals surface area contributed by atoms with E-state index in [1.165, 1.54) is 6.07 Å². The number of halogens is 1. The first-order valence-corrected chi connectivity index (χ1v) is 9.80. The summed E-state index contributed by atoms with van der Waals surface area (Å²) >= 11 is 0. The van der Waals surface area contributed by atoms with Gasteiger partial charge in [-0.25, -0.2) is 9.18 Å². The molecular weight excluding hydrogens is 401 g/mol. The van der Waals surface area contributed by atoms with Crippen LogP contribution in [0.4, 0.5) is 14.9 Å². The van der Waals surface area contributed by atoms with Crippen LogP contribution in [0.1, 0.15) is 29.0 Å². The Morgan fingerprint density at radius 2 is 1.58 bits per heavy atom. The summed E-state index contributed by atoms with van der Waals surface area (Å²) in [6, 6.07) is 18.1. The van der Waals surface area contributed by atoms with Gasteiger partial charge in [0.05, 0.1) is 0 Å². The molecule has 31 heavy (non-hydrogen) atoms. The van der Waals surface area contributed by atoms with Crippen LogP contribution >= 0.6 is 0 Å². The summed E-state index contributed by atoms with van der Waals surface area (Å²) in [5.41, 5.74) is 4.05. The minimum atomic E-state index is -1.05. The van der Waals surface area contributed by atoms with Crippen molar-refractivity contribution in [2.75, 3.05) is 11.9 Å². The quantitative estimate of drug-likeness (QED) is 0.492.